The number of aryl methyl sites for hydroxylation is 1. The van der Waals surface area contributed by atoms with Crippen LogP contribution in [0.5, 0.6) is 0 Å². The lowest BCUT2D eigenvalue weighted by molar-refractivity contribution is -0.119. The van der Waals surface area contributed by atoms with Crippen LogP contribution < -0.4 is 10.6 Å². The second-order valence-electron chi connectivity index (χ2n) is 4.79. The summed E-state index contributed by atoms with van der Waals surface area (Å²) in [6, 6.07) is -0.237. The number of imide groups is 1. The van der Waals surface area contributed by atoms with Crippen LogP contribution in [0.25, 0.3) is 0 Å². The van der Waals surface area contributed by atoms with E-state index in [2.05, 4.69) is 26.2 Å². The Hall–Kier alpha value is -1.64. The lowest BCUT2D eigenvalue weighted by atomic mass is 10.2. The molecule has 0 aromatic carbocycles. The molecule has 20 heavy (non-hydrogen) atoms. The van der Waals surface area contributed by atoms with Crippen LogP contribution in [0.3, 0.4) is 0 Å². The molecule has 1 aliphatic rings. The molecule has 1 heterocycles. The number of nitrogens with zero attached hydrogens (tertiary/aromatic N) is 4. The number of thioether (sulfide) groups is 1. The quantitative estimate of drug-likeness (QED) is 0.783. The molecule has 0 bridgehead atoms. The van der Waals surface area contributed by atoms with E-state index in [1.54, 1.807) is 14.0 Å². The molecule has 8 nitrogen and oxygen atoms in total. The van der Waals surface area contributed by atoms with Crippen molar-refractivity contribution in [2.75, 3.05) is 0 Å². The first-order valence-electron chi connectivity index (χ1n) is 6.56. The van der Waals surface area contributed by atoms with Crippen LogP contribution in [0.4, 0.5) is 4.79 Å². The van der Waals surface area contributed by atoms with Crippen LogP contribution in [0.2, 0.25) is 0 Å². The monoisotopic (exact) mass is 298 g/mol. The first-order valence-corrected chi connectivity index (χ1v) is 7.44. The summed E-state index contributed by atoms with van der Waals surface area (Å²) in [6.07, 6.45) is 4.22. The van der Waals surface area contributed by atoms with Gasteiger partial charge in [0.25, 0.3) is 0 Å². The number of amides is 3. The van der Waals surface area contributed by atoms with Crippen molar-refractivity contribution in [1.82, 2.24) is 30.8 Å². The van der Waals surface area contributed by atoms with E-state index in [1.165, 1.54) is 16.4 Å². The fourth-order valence-electron chi connectivity index (χ4n) is 2.04. The van der Waals surface area contributed by atoms with Crippen LogP contribution >= 0.6 is 11.8 Å². The summed E-state index contributed by atoms with van der Waals surface area (Å²) in [4.78, 5) is 23.6. The average Bonchev–Trinajstić information content (AvgIpc) is 3.02. The molecule has 1 unspecified atom stereocenters. The molecule has 110 valence electrons. The zero-order chi connectivity index (χ0) is 14.5. The number of aromatic nitrogens is 4. The van der Waals surface area contributed by atoms with Crippen molar-refractivity contribution in [2.24, 2.45) is 7.05 Å². The van der Waals surface area contributed by atoms with Crippen molar-refractivity contribution in [2.45, 2.75) is 49.1 Å². The topological polar surface area (TPSA) is 102 Å². The minimum Gasteiger partial charge on any atom is -0.335 e. The molecule has 3 amide bonds. The summed E-state index contributed by atoms with van der Waals surface area (Å²) in [5, 5.41) is 16.2. The van der Waals surface area contributed by atoms with Crippen molar-refractivity contribution in [1.29, 1.82) is 0 Å². The summed E-state index contributed by atoms with van der Waals surface area (Å²) < 4.78 is 1.48. The SMILES string of the molecule is CC(Sc1nnnn1C)C(=O)NC(=O)NC1CCCC1. The van der Waals surface area contributed by atoms with E-state index >= 15 is 0 Å². The van der Waals surface area contributed by atoms with Crippen LogP contribution in [-0.4, -0.2) is 43.4 Å². The van der Waals surface area contributed by atoms with E-state index in [-0.39, 0.29) is 11.9 Å². The summed E-state index contributed by atoms with van der Waals surface area (Å²) in [7, 11) is 1.69. The van der Waals surface area contributed by atoms with Crippen molar-refractivity contribution >= 4 is 23.7 Å². The Kier molecular flexibility index (Phi) is 4.94. The molecule has 1 atom stereocenters. The van der Waals surface area contributed by atoms with Gasteiger partial charge in [0.2, 0.25) is 11.1 Å². The van der Waals surface area contributed by atoms with Gasteiger partial charge in [-0.15, -0.1) is 5.10 Å². The molecule has 1 aliphatic carbocycles. The largest absolute Gasteiger partial charge is 0.335 e. The summed E-state index contributed by atoms with van der Waals surface area (Å²) in [5.74, 6) is -0.353. The lowest BCUT2D eigenvalue weighted by Gasteiger charge is -2.14. The van der Waals surface area contributed by atoms with Crippen molar-refractivity contribution in [3.8, 4) is 0 Å². The number of nitrogens with one attached hydrogen (secondary N) is 2. The molecular formula is C11H18N6O2S. The van der Waals surface area contributed by atoms with Crippen LogP contribution in [-0.2, 0) is 11.8 Å². The van der Waals surface area contributed by atoms with Crippen molar-refractivity contribution < 1.29 is 9.59 Å². The molecule has 0 aliphatic heterocycles. The molecule has 0 saturated heterocycles. The van der Waals surface area contributed by atoms with Gasteiger partial charge in [-0.3, -0.25) is 10.1 Å². The van der Waals surface area contributed by atoms with Gasteiger partial charge in [-0.05, 0) is 30.2 Å². The zero-order valence-corrected chi connectivity index (χ0v) is 12.3. The van der Waals surface area contributed by atoms with E-state index in [0.29, 0.717) is 5.16 Å². The molecule has 0 spiro atoms. The van der Waals surface area contributed by atoms with E-state index in [1.807, 2.05) is 0 Å². The van der Waals surface area contributed by atoms with Gasteiger partial charge < -0.3 is 5.32 Å². The maximum Gasteiger partial charge on any atom is 0.321 e. The Labute approximate surface area is 121 Å². The Balaban J connectivity index is 1.78. The predicted octanol–water partition coefficient (Wildman–Crippen LogP) is 0.459. The number of carbonyl (C=O) groups excluding carboxylic acids is 2. The second-order valence-corrected chi connectivity index (χ2v) is 6.10. The molecule has 2 rings (SSSR count). The third-order valence-corrected chi connectivity index (χ3v) is 4.28. The highest BCUT2D eigenvalue weighted by Crippen LogP contribution is 2.19. The normalized spacial score (nSPS) is 16.9. The fourth-order valence-corrected chi connectivity index (χ4v) is 2.79. The van der Waals surface area contributed by atoms with Gasteiger partial charge in [-0.1, -0.05) is 24.6 Å². The minimum atomic E-state index is -0.450. The molecule has 2 N–H and O–H groups in total. The number of urea groups is 1. The average molecular weight is 298 g/mol. The maximum absolute atomic E-state index is 11.9. The number of carbonyl (C=O) groups is 2. The highest BCUT2D eigenvalue weighted by molar-refractivity contribution is 8.00. The Morgan fingerprint density at radius 1 is 1.40 bits per heavy atom. The first-order chi connectivity index (χ1) is 9.56. The number of hydrogen-bond acceptors (Lipinski definition) is 6. The van der Waals surface area contributed by atoms with E-state index in [0.717, 1.165) is 25.7 Å². The van der Waals surface area contributed by atoms with Gasteiger partial charge in [0, 0.05) is 13.1 Å². The van der Waals surface area contributed by atoms with E-state index in [4.69, 9.17) is 0 Å². The van der Waals surface area contributed by atoms with E-state index < -0.39 is 11.3 Å². The molecular weight excluding hydrogens is 280 g/mol. The van der Waals surface area contributed by atoms with Gasteiger partial charge in [0.15, 0.2) is 0 Å². The maximum atomic E-state index is 11.9. The molecule has 9 heteroatoms. The third kappa shape index (κ3) is 3.92. The highest BCUT2D eigenvalue weighted by Gasteiger charge is 2.22. The van der Waals surface area contributed by atoms with E-state index in [9.17, 15) is 9.59 Å². The lowest BCUT2D eigenvalue weighted by Crippen LogP contribution is -2.45. The van der Waals surface area contributed by atoms with Gasteiger partial charge in [0.1, 0.15) is 0 Å². The fraction of sp³-hybridized carbons (Fsp3) is 0.727. The van der Waals surface area contributed by atoms with Crippen LogP contribution in [0.1, 0.15) is 32.6 Å². The minimum absolute atomic E-state index is 0.189. The van der Waals surface area contributed by atoms with Crippen LogP contribution in [0, 0.1) is 0 Å². The second kappa shape index (κ2) is 6.69. The van der Waals surface area contributed by atoms with Crippen molar-refractivity contribution in [3.63, 3.8) is 0 Å². The van der Waals surface area contributed by atoms with Gasteiger partial charge >= 0.3 is 6.03 Å². The summed E-state index contributed by atoms with van der Waals surface area (Å²) in [6.45, 7) is 1.71. The standard InChI is InChI=1S/C11H18N6O2S/c1-7(20-11-14-15-16-17(11)2)9(18)13-10(19)12-8-5-3-4-6-8/h7-8H,3-6H2,1-2H3,(H2,12,13,18,19). The van der Waals surface area contributed by atoms with Crippen LogP contribution in [0.15, 0.2) is 5.16 Å². The smallest absolute Gasteiger partial charge is 0.321 e. The van der Waals surface area contributed by atoms with Crippen molar-refractivity contribution in [3.05, 3.63) is 0 Å². The zero-order valence-electron chi connectivity index (χ0n) is 11.5. The summed E-state index contributed by atoms with van der Waals surface area (Å²) in [5.41, 5.74) is 0. The van der Waals surface area contributed by atoms with Gasteiger partial charge in [0.05, 0.1) is 5.25 Å². The Morgan fingerprint density at radius 3 is 2.70 bits per heavy atom. The third-order valence-electron chi connectivity index (χ3n) is 3.16. The molecule has 0 radical (unpaired) electrons. The van der Waals surface area contributed by atoms with Gasteiger partial charge in [-0.25, -0.2) is 9.48 Å². The Bertz CT molecular complexity index is 485. The summed E-state index contributed by atoms with van der Waals surface area (Å²) >= 11 is 1.20. The first kappa shape index (κ1) is 14.8. The highest BCUT2D eigenvalue weighted by atomic mass is 32.2. The predicted molar refractivity (Wildman–Crippen MR) is 73.0 cm³/mol. The molecule has 1 aromatic rings. The van der Waals surface area contributed by atoms with Gasteiger partial charge in [-0.2, -0.15) is 0 Å². The molecule has 1 saturated carbocycles. The Morgan fingerprint density at radius 2 is 2.10 bits per heavy atom. The number of tetrazole rings is 1. The number of rotatable bonds is 4. The molecule has 1 aromatic heterocycles. The number of hydrogen-bond donors (Lipinski definition) is 2. The molecule has 1 fully saturated rings.